The first-order valence-electron chi connectivity index (χ1n) is 16.5. The fourth-order valence-corrected chi connectivity index (χ4v) is 8.41. The molecule has 0 bridgehead atoms. The van der Waals surface area contributed by atoms with Gasteiger partial charge in [0.25, 0.3) is 0 Å². The molecule has 3 fully saturated rings. The molecule has 208 valence electrons. The maximum absolute atomic E-state index is 15.3. The molecule has 5 rings (SSSR count). The zero-order valence-corrected chi connectivity index (χ0v) is 24.4. The van der Waals surface area contributed by atoms with E-state index >= 15 is 4.39 Å². The van der Waals surface area contributed by atoms with Crippen molar-refractivity contribution < 1.29 is 4.39 Å². The summed E-state index contributed by atoms with van der Waals surface area (Å²) in [5, 5.41) is 0. The van der Waals surface area contributed by atoms with Gasteiger partial charge in [-0.3, -0.25) is 0 Å². The average molecular weight is 517 g/mol. The van der Waals surface area contributed by atoms with Gasteiger partial charge in [0.1, 0.15) is 5.82 Å². The van der Waals surface area contributed by atoms with E-state index in [0.717, 1.165) is 34.8 Å². The molecule has 3 aliphatic carbocycles. The van der Waals surface area contributed by atoms with Gasteiger partial charge in [0.15, 0.2) is 0 Å². The van der Waals surface area contributed by atoms with Gasteiger partial charge < -0.3 is 0 Å². The van der Waals surface area contributed by atoms with Crippen molar-refractivity contribution in [1.29, 1.82) is 0 Å². The van der Waals surface area contributed by atoms with Crippen LogP contribution in [0.1, 0.15) is 146 Å². The third kappa shape index (κ3) is 6.92. The van der Waals surface area contributed by atoms with Crippen molar-refractivity contribution in [3.05, 3.63) is 59.4 Å². The number of hydrogen-bond acceptors (Lipinski definition) is 0. The summed E-state index contributed by atoms with van der Waals surface area (Å²) >= 11 is 0. The van der Waals surface area contributed by atoms with Crippen LogP contribution in [-0.2, 0) is 0 Å². The van der Waals surface area contributed by atoms with E-state index in [0.29, 0.717) is 11.8 Å². The van der Waals surface area contributed by atoms with E-state index in [4.69, 9.17) is 0 Å². The molecule has 2 aromatic carbocycles. The van der Waals surface area contributed by atoms with E-state index in [2.05, 4.69) is 50.2 Å². The van der Waals surface area contributed by atoms with Crippen molar-refractivity contribution in [2.75, 3.05) is 0 Å². The predicted molar refractivity (Wildman–Crippen MR) is 161 cm³/mol. The number of hydrogen-bond donors (Lipinski definition) is 0. The molecule has 0 aliphatic heterocycles. The van der Waals surface area contributed by atoms with Crippen LogP contribution >= 0.6 is 0 Å². The van der Waals surface area contributed by atoms with Gasteiger partial charge in [0.2, 0.25) is 0 Å². The van der Waals surface area contributed by atoms with Gasteiger partial charge in [-0.2, -0.15) is 0 Å². The molecule has 0 nitrogen and oxygen atoms in total. The van der Waals surface area contributed by atoms with Gasteiger partial charge in [-0.1, -0.05) is 95.2 Å². The largest absolute Gasteiger partial charge is 0.206 e. The number of rotatable bonds is 9. The van der Waals surface area contributed by atoms with Crippen molar-refractivity contribution in [1.82, 2.24) is 0 Å². The van der Waals surface area contributed by atoms with Crippen molar-refractivity contribution in [2.45, 2.75) is 135 Å². The minimum absolute atomic E-state index is 0.0396. The highest BCUT2D eigenvalue weighted by Gasteiger charge is 2.31. The second-order valence-electron chi connectivity index (χ2n) is 13.4. The minimum Gasteiger partial charge on any atom is -0.206 e. The van der Waals surface area contributed by atoms with Crippen LogP contribution in [0.3, 0.4) is 0 Å². The lowest BCUT2D eigenvalue weighted by molar-refractivity contribution is 0.155. The lowest BCUT2D eigenvalue weighted by Gasteiger charge is -2.38. The standard InChI is InChI=1S/C37H53F/c1-3-5-6-7-28-10-14-30(15-11-28)31-16-18-33(19-17-31)35-24-25-36(37(38)26-35)34-22-20-32(21-23-34)29-12-8-27(4-2)9-13-29/h20-31,33H,3-19H2,1-2H3. The molecule has 3 aliphatic rings. The molecular formula is C37H53F. The van der Waals surface area contributed by atoms with E-state index in [1.807, 2.05) is 6.07 Å². The Hall–Kier alpha value is -1.63. The highest BCUT2D eigenvalue weighted by Crippen LogP contribution is 2.45. The summed E-state index contributed by atoms with van der Waals surface area (Å²) < 4.78 is 15.3. The van der Waals surface area contributed by atoms with Crippen LogP contribution in [0, 0.1) is 29.5 Å². The average Bonchev–Trinajstić information content (AvgIpc) is 2.98. The lowest BCUT2D eigenvalue weighted by Crippen LogP contribution is -2.25. The second kappa shape index (κ2) is 13.6. The SMILES string of the molecule is CCCCCC1CCC(C2CCC(c3ccc(-c4ccc(C5CCC(CC)CC5)cc4)c(F)c3)CC2)CC1. The molecule has 0 aromatic heterocycles. The van der Waals surface area contributed by atoms with E-state index in [1.54, 1.807) is 0 Å². The van der Waals surface area contributed by atoms with Crippen molar-refractivity contribution in [3.8, 4) is 11.1 Å². The molecule has 1 heteroatoms. The summed E-state index contributed by atoms with van der Waals surface area (Å²) in [6.45, 7) is 4.64. The Kier molecular flexibility index (Phi) is 10.0. The molecular weight excluding hydrogens is 463 g/mol. The number of benzene rings is 2. The Bertz CT molecular complexity index is 966. The molecule has 0 unspecified atom stereocenters. The molecule has 3 saturated carbocycles. The molecule has 0 heterocycles. The fourth-order valence-electron chi connectivity index (χ4n) is 8.41. The predicted octanol–water partition coefficient (Wildman–Crippen LogP) is 11.8. The minimum atomic E-state index is -0.0396. The molecule has 0 radical (unpaired) electrons. The van der Waals surface area contributed by atoms with Gasteiger partial charge in [-0.25, -0.2) is 4.39 Å². The summed E-state index contributed by atoms with van der Waals surface area (Å²) in [7, 11) is 0. The molecule has 0 spiro atoms. The second-order valence-corrected chi connectivity index (χ2v) is 13.4. The van der Waals surface area contributed by atoms with Crippen LogP contribution in [0.25, 0.3) is 11.1 Å². The van der Waals surface area contributed by atoms with E-state index in [1.165, 1.54) is 120 Å². The van der Waals surface area contributed by atoms with Gasteiger partial charge in [-0.15, -0.1) is 0 Å². The van der Waals surface area contributed by atoms with Crippen LogP contribution in [-0.4, -0.2) is 0 Å². The Morgan fingerprint density at radius 1 is 0.605 bits per heavy atom. The maximum atomic E-state index is 15.3. The first-order chi connectivity index (χ1) is 18.6. The smallest absolute Gasteiger partial charge is 0.131 e. The van der Waals surface area contributed by atoms with E-state index in [9.17, 15) is 0 Å². The molecule has 0 amide bonds. The summed E-state index contributed by atoms with van der Waals surface area (Å²) in [6, 6.07) is 15.0. The molecule has 0 saturated heterocycles. The third-order valence-corrected chi connectivity index (χ3v) is 11.1. The Labute approximate surface area is 233 Å². The normalized spacial score (nSPS) is 30.3. The van der Waals surface area contributed by atoms with E-state index < -0.39 is 0 Å². The van der Waals surface area contributed by atoms with Crippen molar-refractivity contribution >= 4 is 0 Å². The fraction of sp³-hybridized carbons (Fsp3) is 0.676. The third-order valence-electron chi connectivity index (χ3n) is 11.1. The molecule has 0 N–H and O–H groups in total. The van der Waals surface area contributed by atoms with E-state index in [-0.39, 0.29) is 5.82 Å². The maximum Gasteiger partial charge on any atom is 0.131 e. The number of unbranched alkanes of at least 4 members (excludes halogenated alkanes) is 2. The summed E-state index contributed by atoms with van der Waals surface area (Å²) in [5.41, 5.74) is 4.46. The Balaban J connectivity index is 1.12. The highest BCUT2D eigenvalue weighted by atomic mass is 19.1. The highest BCUT2D eigenvalue weighted by molar-refractivity contribution is 5.65. The van der Waals surface area contributed by atoms with Crippen LogP contribution < -0.4 is 0 Å². The van der Waals surface area contributed by atoms with Crippen LogP contribution in [0.4, 0.5) is 4.39 Å². The molecule has 0 atom stereocenters. The first-order valence-corrected chi connectivity index (χ1v) is 16.5. The van der Waals surface area contributed by atoms with Gasteiger partial charge in [0.05, 0.1) is 0 Å². The Morgan fingerprint density at radius 2 is 1.16 bits per heavy atom. The van der Waals surface area contributed by atoms with Crippen LogP contribution in [0.5, 0.6) is 0 Å². The summed E-state index contributed by atoms with van der Waals surface area (Å²) in [4.78, 5) is 0. The first kappa shape index (κ1) is 27.9. The molecule has 2 aromatic rings. The Morgan fingerprint density at radius 3 is 1.76 bits per heavy atom. The quantitative estimate of drug-likeness (QED) is 0.291. The van der Waals surface area contributed by atoms with Crippen molar-refractivity contribution in [3.63, 3.8) is 0 Å². The van der Waals surface area contributed by atoms with Crippen molar-refractivity contribution in [2.24, 2.45) is 23.7 Å². The van der Waals surface area contributed by atoms with Crippen LogP contribution in [0.15, 0.2) is 42.5 Å². The topological polar surface area (TPSA) is 0 Å². The zero-order chi connectivity index (χ0) is 26.3. The zero-order valence-electron chi connectivity index (χ0n) is 24.4. The van der Waals surface area contributed by atoms with Gasteiger partial charge in [0, 0.05) is 5.56 Å². The van der Waals surface area contributed by atoms with Gasteiger partial charge >= 0.3 is 0 Å². The number of halogens is 1. The monoisotopic (exact) mass is 516 g/mol. The summed E-state index contributed by atoms with van der Waals surface area (Å²) in [6.07, 6.45) is 23.4. The van der Waals surface area contributed by atoms with Crippen LogP contribution in [0.2, 0.25) is 0 Å². The van der Waals surface area contributed by atoms with Gasteiger partial charge in [-0.05, 0) is 122 Å². The lowest BCUT2D eigenvalue weighted by atomic mass is 9.68. The molecule has 38 heavy (non-hydrogen) atoms. The summed E-state index contributed by atoms with van der Waals surface area (Å²) in [5.74, 6) is 5.00.